The summed E-state index contributed by atoms with van der Waals surface area (Å²) in [6.07, 6.45) is 5.42. The normalized spacial score (nSPS) is 25.3. The lowest BCUT2D eigenvalue weighted by Gasteiger charge is -2.27. The maximum atomic E-state index is 11.8. The van der Waals surface area contributed by atoms with E-state index in [1.54, 1.807) is 11.3 Å². The van der Waals surface area contributed by atoms with Crippen molar-refractivity contribution in [2.75, 3.05) is 0 Å². The zero-order valence-electron chi connectivity index (χ0n) is 9.74. The van der Waals surface area contributed by atoms with Crippen molar-refractivity contribution in [1.82, 2.24) is 5.32 Å². The number of carbonyl (C=O) groups excluding carboxylic acids is 1. The zero-order valence-corrected chi connectivity index (χ0v) is 10.6. The van der Waals surface area contributed by atoms with Crippen LogP contribution < -0.4 is 5.32 Å². The second-order valence-corrected chi connectivity index (χ2v) is 5.82. The van der Waals surface area contributed by atoms with Crippen LogP contribution in [0, 0.1) is 5.92 Å². The lowest BCUT2D eigenvalue weighted by molar-refractivity contribution is -0.121. The predicted molar refractivity (Wildman–Crippen MR) is 67.6 cm³/mol. The molecular weight excluding hydrogens is 218 g/mol. The standard InChI is InChI=1S/C13H19NOS/c1-10-4-2-5-11(8-10)14-13(15)9-12-6-3-7-16-12/h3,6-7,10-11H,2,4-5,8-9H2,1H3,(H,14,15). The summed E-state index contributed by atoms with van der Waals surface area (Å²) in [7, 11) is 0. The van der Waals surface area contributed by atoms with E-state index in [0.717, 1.165) is 23.6 Å². The molecule has 0 spiro atoms. The minimum Gasteiger partial charge on any atom is -0.353 e. The van der Waals surface area contributed by atoms with E-state index < -0.39 is 0 Å². The highest BCUT2D eigenvalue weighted by Gasteiger charge is 2.20. The summed E-state index contributed by atoms with van der Waals surface area (Å²) in [5, 5.41) is 5.17. The highest BCUT2D eigenvalue weighted by atomic mass is 32.1. The molecule has 0 radical (unpaired) electrons. The number of rotatable bonds is 3. The van der Waals surface area contributed by atoms with Gasteiger partial charge in [0, 0.05) is 10.9 Å². The zero-order chi connectivity index (χ0) is 11.4. The van der Waals surface area contributed by atoms with Crippen molar-refractivity contribution in [3.63, 3.8) is 0 Å². The molecule has 2 unspecified atom stereocenters. The molecular formula is C13H19NOS. The Kier molecular flexibility index (Phi) is 3.99. The fourth-order valence-corrected chi connectivity index (χ4v) is 3.12. The molecule has 3 heteroatoms. The molecule has 16 heavy (non-hydrogen) atoms. The molecule has 2 rings (SSSR count). The van der Waals surface area contributed by atoms with Crippen LogP contribution in [0.25, 0.3) is 0 Å². The molecule has 1 aliphatic rings. The van der Waals surface area contributed by atoms with E-state index in [1.807, 2.05) is 17.5 Å². The average molecular weight is 237 g/mol. The molecule has 0 saturated heterocycles. The monoisotopic (exact) mass is 237 g/mol. The van der Waals surface area contributed by atoms with Crippen molar-refractivity contribution in [1.29, 1.82) is 0 Å². The minimum atomic E-state index is 0.182. The van der Waals surface area contributed by atoms with Crippen molar-refractivity contribution >= 4 is 17.2 Å². The summed E-state index contributed by atoms with van der Waals surface area (Å²) in [4.78, 5) is 12.9. The summed E-state index contributed by atoms with van der Waals surface area (Å²) in [5.41, 5.74) is 0. The van der Waals surface area contributed by atoms with Gasteiger partial charge in [-0.25, -0.2) is 0 Å². The molecule has 0 aromatic carbocycles. The molecule has 1 heterocycles. The van der Waals surface area contributed by atoms with Gasteiger partial charge in [-0.2, -0.15) is 0 Å². The Balaban J connectivity index is 1.78. The van der Waals surface area contributed by atoms with Crippen LogP contribution in [0.2, 0.25) is 0 Å². The topological polar surface area (TPSA) is 29.1 Å². The molecule has 1 fully saturated rings. The lowest BCUT2D eigenvalue weighted by atomic mass is 9.87. The Morgan fingerprint density at radius 1 is 1.56 bits per heavy atom. The third kappa shape index (κ3) is 3.34. The summed E-state index contributed by atoms with van der Waals surface area (Å²) < 4.78 is 0. The molecule has 1 aromatic rings. The molecule has 88 valence electrons. The van der Waals surface area contributed by atoms with Gasteiger partial charge >= 0.3 is 0 Å². The molecule has 1 saturated carbocycles. The van der Waals surface area contributed by atoms with Gasteiger partial charge < -0.3 is 5.32 Å². The number of hydrogen-bond donors (Lipinski definition) is 1. The molecule has 2 atom stereocenters. The van der Waals surface area contributed by atoms with Crippen LogP contribution in [0.5, 0.6) is 0 Å². The van der Waals surface area contributed by atoms with Crippen LogP contribution in [0.1, 0.15) is 37.5 Å². The molecule has 0 bridgehead atoms. The maximum Gasteiger partial charge on any atom is 0.225 e. The third-order valence-corrected chi connectivity index (χ3v) is 4.09. The SMILES string of the molecule is CC1CCCC(NC(=O)Cc2cccs2)C1. The highest BCUT2D eigenvalue weighted by molar-refractivity contribution is 7.10. The Hall–Kier alpha value is -0.830. The second-order valence-electron chi connectivity index (χ2n) is 4.79. The Bertz CT molecular complexity index is 334. The predicted octanol–water partition coefficient (Wildman–Crippen LogP) is 2.99. The molecule has 1 aromatic heterocycles. The van der Waals surface area contributed by atoms with Crippen LogP contribution in [0.4, 0.5) is 0 Å². The molecule has 1 amide bonds. The van der Waals surface area contributed by atoms with Crippen molar-refractivity contribution in [2.24, 2.45) is 5.92 Å². The van der Waals surface area contributed by atoms with Gasteiger partial charge in [0.2, 0.25) is 5.91 Å². The maximum absolute atomic E-state index is 11.8. The first-order valence-electron chi connectivity index (χ1n) is 6.06. The van der Waals surface area contributed by atoms with E-state index in [0.29, 0.717) is 12.5 Å². The van der Waals surface area contributed by atoms with Gasteiger partial charge in [-0.3, -0.25) is 4.79 Å². The third-order valence-electron chi connectivity index (χ3n) is 3.22. The van der Waals surface area contributed by atoms with Gasteiger partial charge in [-0.05, 0) is 30.2 Å². The van der Waals surface area contributed by atoms with E-state index in [4.69, 9.17) is 0 Å². The lowest BCUT2D eigenvalue weighted by Crippen LogP contribution is -2.38. The van der Waals surface area contributed by atoms with Gasteiger partial charge in [-0.15, -0.1) is 11.3 Å². The minimum absolute atomic E-state index is 0.182. The van der Waals surface area contributed by atoms with E-state index in [-0.39, 0.29) is 5.91 Å². The number of thiophene rings is 1. The van der Waals surface area contributed by atoms with Crippen LogP contribution >= 0.6 is 11.3 Å². The van der Waals surface area contributed by atoms with Crippen molar-refractivity contribution in [3.8, 4) is 0 Å². The fraction of sp³-hybridized carbons (Fsp3) is 0.615. The number of amides is 1. The van der Waals surface area contributed by atoms with Gasteiger partial charge in [0.25, 0.3) is 0 Å². The first-order chi connectivity index (χ1) is 7.74. The Morgan fingerprint density at radius 2 is 2.44 bits per heavy atom. The summed E-state index contributed by atoms with van der Waals surface area (Å²) in [6.45, 7) is 2.28. The van der Waals surface area contributed by atoms with E-state index >= 15 is 0 Å². The van der Waals surface area contributed by atoms with Crippen LogP contribution in [-0.2, 0) is 11.2 Å². The molecule has 1 aliphatic carbocycles. The summed E-state index contributed by atoms with van der Waals surface area (Å²) in [6, 6.07) is 4.43. The fourth-order valence-electron chi connectivity index (χ4n) is 2.42. The highest BCUT2D eigenvalue weighted by Crippen LogP contribution is 2.23. The van der Waals surface area contributed by atoms with Crippen molar-refractivity contribution in [3.05, 3.63) is 22.4 Å². The van der Waals surface area contributed by atoms with Crippen molar-refractivity contribution in [2.45, 2.75) is 45.1 Å². The number of hydrogen-bond acceptors (Lipinski definition) is 2. The van der Waals surface area contributed by atoms with E-state index in [9.17, 15) is 4.79 Å². The smallest absolute Gasteiger partial charge is 0.225 e. The molecule has 0 aliphatic heterocycles. The van der Waals surface area contributed by atoms with Gasteiger partial charge in [-0.1, -0.05) is 25.8 Å². The second kappa shape index (κ2) is 5.48. The number of carbonyl (C=O) groups is 1. The summed E-state index contributed by atoms with van der Waals surface area (Å²) >= 11 is 1.65. The first-order valence-corrected chi connectivity index (χ1v) is 6.94. The van der Waals surface area contributed by atoms with Gasteiger partial charge in [0.05, 0.1) is 6.42 Å². The molecule has 1 N–H and O–H groups in total. The number of nitrogens with one attached hydrogen (secondary N) is 1. The van der Waals surface area contributed by atoms with Gasteiger partial charge in [0.15, 0.2) is 0 Å². The first kappa shape index (κ1) is 11.6. The average Bonchev–Trinajstić information content (AvgIpc) is 2.70. The summed E-state index contributed by atoms with van der Waals surface area (Å²) in [5.74, 6) is 0.947. The van der Waals surface area contributed by atoms with E-state index in [2.05, 4.69) is 12.2 Å². The van der Waals surface area contributed by atoms with Crippen LogP contribution in [-0.4, -0.2) is 11.9 Å². The van der Waals surface area contributed by atoms with Crippen molar-refractivity contribution < 1.29 is 4.79 Å². The van der Waals surface area contributed by atoms with Crippen LogP contribution in [0.15, 0.2) is 17.5 Å². The quantitative estimate of drug-likeness (QED) is 0.860. The molecule has 2 nitrogen and oxygen atoms in total. The Morgan fingerprint density at radius 3 is 3.12 bits per heavy atom. The van der Waals surface area contributed by atoms with Gasteiger partial charge in [0.1, 0.15) is 0 Å². The van der Waals surface area contributed by atoms with E-state index in [1.165, 1.54) is 12.8 Å². The van der Waals surface area contributed by atoms with Crippen LogP contribution in [0.3, 0.4) is 0 Å². The largest absolute Gasteiger partial charge is 0.353 e. The Labute approximate surface area is 101 Å².